The molecule has 0 radical (unpaired) electrons. The number of hydrogen-bond acceptors (Lipinski definition) is 3. The summed E-state index contributed by atoms with van der Waals surface area (Å²) in [5.41, 5.74) is 1.13. The van der Waals surface area contributed by atoms with Crippen LogP contribution in [0.1, 0.15) is 51.6 Å². The Bertz CT molecular complexity index is 390. The molecule has 1 aromatic heterocycles. The highest BCUT2D eigenvalue weighted by Gasteiger charge is 2.33. The van der Waals surface area contributed by atoms with Gasteiger partial charge in [0.25, 0.3) is 0 Å². The van der Waals surface area contributed by atoms with Crippen molar-refractivity contribution in [1.29, 1.82) is 0 Å². The van der Waals surface area contributed by atoms with E-state index in [4.69, 9.17) is 0 Å². The molecule has 0 saturated heterocycles. The standard InChI is InChI=1S/C15H27N3O/c1-3-9-18-14(6-8-17-18)11-16-15(12-19)7-4-5-13(2)10-15/h6,8,13,16,19H,3-5,7,9-12H2,1-2H3. The first-order valence-electron chi connectivity index (χ1n) is 7.55. The van der Waals surface area contributed by atoms with Gasteiger partial charge in [0.1, 0.15) is 0 Å². The number of rotatable bonds is 6. The number of hydrogen-bond donors (Lipinski definition) is 2. The molecule has 2 N–H and O–H groups in total. The predicted molar refractivity (Wildman–Crippen MR) is 76.8 cm³/mol. The number of nitrogens with one attached hydrogen (secondary N) is 1. The van der Waals surface area contributed by atoms with Crippen molar-refractivity contribution in [2.45, 2.75) is 64.6 Å². The van der Waals surface area contributed by atoms with Crippen molar-refractivity contribution in [3.8, 4) is 0 Å². The van der Waals surface area contributed by atoms with E-state index in [1.165, 1.54) is 18.5 Å². The number of nitrogens with zero attached hydrogens (tertiary/aromatic N) is 2. The number of aliphatic hydroxyl groups excluding tert-OH is 1. The van der Waals surface area contributed by atoms with Gasteiger partial charge in [-0.05, 0) is 31.2 Å². The smallest absolute Gasteiger partial charge is 0.0613 e. The van der Waals surface area contributed by atoms with Gasteiger partial charge in [-0.15, -0.1) is 0 Å². The highest BCUT2D eigenvalue weighted by Crippen LogP contribution is 2.32. The zero-order chi connectivity index (χ0) is 13.7. The van der Waals surface area contributed by atoms with Crippen molar-refractivity contribution in [2.75, 3.05) is 6.61 Å². The summed E-state index contributed by atoms with van der Waals surface area (Å²) in [6.45, 7) is 6.45. The molecule has 1 fully saturated rings. The minimum Gasteiger partial charge on any atom is -0.394 e. The van der Waals surface area contributed by atoms with Crippen LogP contribution in [0, 0.1) is 5.92 Å². The lowest BCUT2D eigenvalue weighted by Gasteiger charge is -2.39. The van der Waals surface area contributed by atoms with E-state index in [0.29, 0.717) is 5.92 Å². The largest absolute Gasteiger partial charge is 0.394 e. The summed E-state index contributed by atoms with van der Waals surface area (Å²) in [5, 5.41) is 17.7. The van der Waals surface area contributed by atoms with Gasteiger partial charge in [-0.3, -0.25) is 4.68 Å². The van der Waals surface area contributed by atoms with E-state index in [1.54, 1.807) is 0 Å². The van der Waals surface area contributed by atoms with Gasteiger partial charge in [-0.25, -0.2) is 0 Å². The van der Waals surface area contributed by atoms with Crippen LogP contribution >= 0.6 is 0 Å². The van der Waals surface area contributed by atoms with Crippen LogP contribution in [-0.4, -0.2) is 27.0 Å². The fourth-order valence-corrected chi connectivity index (χ4v) is 3.22. The van der Waals surface area contributed by atoms with Gasteiger partial charge in [-0.2, -0.15) is 5.10 Å². The molecular formula is C15H27N3O. The Hall–Kier alpha value is -0.870. The van der Waals surface area contributed by atoms with Crippen LogP contribution in [0.2, 0.25) is 0 Å². The topological polar surface area (TPSA) is 50.1 Å². The van der Waals surface area contributed by atoms with Gasteiger partial charge in [0.05, 0.1) is 12.3 Å². The summed E-state index contributed by atoms with van der Waals surface area (Å²) >= 11 is 0. The van der Waals surface area contributed by atoms with Crippen LogP contribution < -0.4 is 5.32 Å². The lowest BCUT2D eigenvalue weighted by Crippen LogP contribution is -2.51. The zero-order valence-electron chi connectivity index (χ0n) is 12.2. The average Bonchev–Trinajstić information content (AvgIpc) is 2.84. The Morgan fingerprint density at radius 2 is 2.42 bits per heavy atom. The first-order chi connectivity index (χ1) is 9.19. The summed E-state index contributed by atoms with van der Waals surface area (Å²) < 4.78 is 2.06. The highest BCUT2D eigenvalue weighted by atomic mass is 16.3. The van der Waals surface area contributed by atoms with E-state index in [1.807, 2.05) is 6.20 Å². The van der Waals surface area contributed by atoms with E-state index in [2.05, 4.69) is 35.0 Å². The second-order valence-electron chi connectivity index (χ2n) is 6.04. The quantitative estimate of drug-likeness (QED) is 0.830. The van der Waals surface area contributed by atoms with Gasteiger partial charge >= 0.3 is 0 Å². The zero-order valence-corrected chi connectivity index (χ0v) is 12.2. The van der Waals surface area contributed by atoms with E-state index in [0.717, 1.165) is 32.4 Å². The molecule has 2 rings (SSSR count). The Morgan fingerprint density at radius 1 is 1.58 bits per heavy atom. The third kappa shape index (κ3) is 3.57. The molecule has 1 aromatic rings. The molecule has 0 aromatic carbocycles. The summed E-state index contributed by atoms with van der Waals surface area (Å²) in [4.78, 5) is 0. The maximum absolute atomic E-state index is 9.78. The summed E-state index contributed by atoms with van der Waals surface area (Å²) in [6.07, 6.45) is 7.61. The molecule has 1 aliphatic carbocycles. The molecule has 0 amide bonds. The van der Waals surface area contributed by atoms with Gasteiger partial charge in [-0.1, -0.05) is 26.7 Å². The summed E-state index contributed by atoms with van der Waals surface area (Å²) in [6, 6.07) is 2.07. The molecule has 108 valence electrons. The molecule has 2 atom stereocenters. The van der Waals surface area contributed by atoms with Crippen LogP contribution in [0.5, 0.6) is 0 Å². The van der Waals surface area contributed by atoms with E-state index in [-0.39, 0.29) is 12.1 Å². The van der Waals surface area contributed by atoms with Crippen LogP contribution in [-0.2, 0) is 13.1 Å². The molecule has 0 spiro atoms. The molecular weight excluding hydrogens is 238 g/mol. The fraction of sp³-hybridized carbons (Fsp3) is 0.800. The maximum Gasteiger partial charge on any atom is 0.0613 e. The highest BCUT2D eigenvalue weighted by molar-refractivity contribution is 5.02. The average molecular weight is 265 g/mol. The monoisotopic (exact) mass is 265 g/mol. The molecule has 0 aliphatic heterocycles. The normalized spacial score (nSPS) is 27.6. The molecule has 4 nitrogen and oxygen atoms in total. The third-order valence-electron chi connectivity index (χ3n) is 4.28. The predicted octanol–water partition coefficient (Wildman–Crippen LogP) is 2.32. The lowest BCUT2D eigenvalue weighted by atomic mass is 9.77. The molecule has 19 heavy (non-hydrogen) atoms. The third-order valence-corrected chi connectivity index (χ3v) is 4.28. The van der Waals surface area contributed by atoms with Gasteiger partial charge in [0.15, 0.2) is 0 Å². The van der Waals surface area contributed by atoms with E-state index in [9.17, 15) is 5.11 Å². The Balaban J connectivity index is 1.97. The van der Waals surface area contributed by atoms with Crippen molar-refractivity contribution in [3.05, 3.63) is 18.0 Å². The number of aromatic nitrogens is 2. The first-order valence-corrected chi connectivity index (χ1v) is 7.55. The minimum absolute atomic E-state index is 0.0843. The van der Waals surface area contributed by atoms with Crippen molar-refractivity contribution in [3.63, 3.8) is 0 Å². The molecule has 1 aliphatic rings. The van der Waals surface area contributed by atoms with Gasteiger partial charge < -0.3 is 10.4 Å². The molecule has 4 heteroatoms. The second-order valence-corrected chi connectivity index (χ2v) is 6.04. The summed E-state index contributed by atoms with van der Waals surface area (Å²) in [5.74, 6) is 0.703. The minimum atomic E-state index is -0.0843. The van der Waals surface area contributed by atoms with E-state index < -0.39 is 0 Å². The Morgan fingerprint density at radius 3 is 3.11 bits per heavy atom. The van der Waals surface area contributed by atoms with Crippen molar-refractivity contribution in [2.24, 2.45) is 5.92 Å². The lowest BCUT2D eigenvalue weighted by molar-refractivity contribution is 0.0975. The fourth-order valence-electron chi connectivity index (χ4n) is 3.22. The van der Waals surface area contributed by atoms with Crippen molar-refractivity contribution in [1.82, 2.24) is 15.1 Å². The number of aliphatic hydroxyl groups is 1. The van der Waals surface area contributed by atoms with Crippen LogP contribution in [0.15, 0.2) is 12.3 Å². The van der Waals surface area contributed by atoms with Crippen LogP contribution in [0.4, 0.5) is 0 Å². The van der Waals surface area contributed by atoms with Crippen molar-refractivity contribution < 1.29 is 5.11 Å². The Kier molecular flexibility index (Phi) is 4.99. The number of aryl methyl sites for hydroxylation is 1. The molecule has 0 bridgehead atoms. The molecule has 1 heterocycles. The van der Waals surface area contributed by atoms with Crippen LogP contribution in [0.3, 0.4) is 0 Å². The SMILES string of the molecule is CCCn1nccc1CNC1(CO)CCCC(C)C1. The molecule has 2 unspecified atom stereocenters. The van der Waals surface area contributed by atoms with Gasteiger partial charge in [0, 0.05) is 24.8 Å². The van der Waals surface area contributed by atoms with Gasteiger partial charge in [0.2, 0.25) is 0 Å². The molecule has 1 saturated carbocycles. The maximum atomic E-state index is 9.78. The second kappa shape index (κ2) is 6.53. The van der Waals surface area contributed by atoms with Crippen molar-refractivity contribution >= 4 is 0 Å². The first kappa shape index (κ1) is 14.5. The Labute approximate surface area is 116 Å². The van der Waals surface area contributed by atoms with E-state index >= 15 is 0 Å². The summed E-state index contributed by atoms with van der Waals surface area (Å²) in [7, 11) is 0. The van der Waals surface area contributed by atoms with Crippen LogP contribution in [0.25, 0.3) is 0 Å².